The molecule has 1 aliphatic heterocycles. The van der Waals surface area contributed by atoms with E-state index in [9.17, 15) is 14.7 Å². The minimum Gasteiger partial charge on any atom is -0.507 e. The summed E-state index contributed by atoms with van der Waals surface area (Å²) in [6.45, 7) is 0.510. The lowest BCUT2D eigenvalue weighted by atomic mass is 9.87. The number of carbonyl (C=O) groups is 1. The molecule has 0 radical (unpaired) electrons. The Hall–Kier alpha value is -4.46. The van der Waals surface area contributed by atoms with Crippen molar-refractivity contribution < 1.29 is 28.5 Å². The van der Waals surface area contributed by atoms with Crippen molar-refractivity contribution in [1.29, 1.82) is 0 Å². The van der Waals surface area contributed by atoms with Crippen molar-refractivity contribution in [3.8, 4) is 23.0 Å². The van der Waals surface area contributed by atoms with E-state index in [-0.39, 0.29) is 36.0 Å². The lowest BCUT2D eigenvalue weighted by Crippen LogP contribution is -2.28. The van der Waals surface area contributed by atoms with E-state index in [0.29, 0.717) is 35.4 Å². The van der Waals surface area contributed by atoms with E-state index in [0.717, 1.165) is 11.3 Å². The van der Waals surface area contributed by atoms with E-state index < -0.39 is 11.5 Å². The van der Waals surface area contributed by atoms with Gasteiger partial charge in [-0.15, -0.1) is 0 Å². The molecule has 0 bridgehead atoms. The van der Waals surface area contributed by atoms with Crippen LogP contribution in [0.2, 0.25) is 0 Å². The molecule has 2 N–H and O–H groups in total. The van der Waals surface area contributed by atoms with Crippen molar-refractivity contribution in [1.82, 2.24) is 5.32 Å². The first-order valence-corrected chi connectivity index (χ1v) is 11.6. The highest BCUT2D eigenvalue weighted by Gasteiger charge is 2.28. The number of rotatable bonds is 8. The van der Waals surface area contributed by atoms with Crippen LogP contribution in [-0.4, -0.2) is 31.5 Å². The largest absolute Gasteiger partial charge is 0.507 e. The number of hydrogen-bond acceptors (Lipinski definition) is 7. The Labute approximate surface area is 207 Å². The van der Waals surface area contributed by atoms with Crippen LogP contribution < -0.4 is 25.2 Å². The van der Waals surface area contributed by atoms with Crippen LogP contribution in [0, 0.1) is 0 Å². The van der Waals surface area contributed by atoms with E-state index in [1.54, 1.807) is 49.6 Å². The highest BCUT2D eigenvalue weighted by atomic mass is 16.7. The number of ether oxygens (including phenoxy) is 3. The normalized spacial score (nSPS) is 12.9. The lowest BCUT2D eigenvalue weighted by Gasteiger charge is -2.19. The fourth-order valence-corrected chi connectivity index (χ4v) is 4.37. The number of methoxy groups -OCH3 is 1. The fourth-order valence-electron chi connectivity index (χ4n) is 4.37. The minimum atomic E-state index is -0.763. The van der Waals surface area contributed by atoms with Gasteiger partial charge in [0.15, 0.2) is 11.5 Å². The Morgan fingerprint density at radius 2 is 1.83 bits per heavy atom. The number of fused-ring (bicyclic) bond motifs is 2. The molecule has 4 aromatic rings. The van der Waals surface area contributed by atoms with Gasteiger partial charge in [0.1, 0.15) is 17.1 Å². The number of amides is 1. The Balaban J connectivity index is 1.41. The molecule has 0 fully saturated rings. The topological polar surface area (TPSA) is 107 Å². The molecule has 8 heteroatoms. The lowest BCUT2D eigenvalue weighted by molar-refractivity contribution is -0.121. The number of hydrogen-bond donors (Lipinski definition) is 2. The summed E-state index contributed by atoms with van der Waals surface area (Å²) in [5, 5.41) is 14.4. The second-order valence-electron chi connectivity index (χ2n) is 8.47. The van der Waals surface area contributed by atoms with Crippen LogP contribution in [0.5, 0.6) is 23.0 Å². The van der Waals surface area contributed by atoms with Crippen molar-refractivity contribution >= 4 is 16.9 Å². The Kier molecular flexibility index (Phi) is 6.49. The number of nitrogens with one attached hydrogen (secondary N) is 1. The molecule has 1 atom stereocenters. The van der Waals surface area contributed by atoms with Crippen molar-refractivity contribution in [2.75, 3.05) is 20.4 Å². The zero-order chi connectivity index (χ0) is 25.1. The molecule has 1 amide bonds. The van der Waals surface area contributed by atoms with E-state index in [1.807, 2.05) is 24.3 Å². The summed E-state index contributed by atoms with van der Waals surface area (Å²) in [7, 11) is 1.61. The van der Waals surface area contributed by atoms with E-state index in [4.69, 9.17) is 18.6 Å². The monoisotopic (exact) mass is 487 g/mol. The van der Waals surface area contributed by atoms with Crippen molar-refractivity contribution in [3.05, 3.63) is 93.8 Å². The molecule has 184 valence electrons. The van der Waals surface area contributed by atoms with Crippen molar-refractivity contribution in [2.24, 2.45) is 0 Å². The number of aromatic hydroxyl groups is 1. The SMILES string of the molecule is COc1ccc(CCNC(=O)C[C@H](c2ccc3c(c2)OCO3)c2c(O)c3ccccc3oc2=O)cc1. The molecule has 0 unspecified atom stereocenters. The summed E-state index contributed by atoms with van der Waals surface area (Å²) in [5.41, 5.74) is 1.29. The molecule has 1 aliphatic rings. The molecule has 0 saturated heterocycles. The third-order valence-corrected chi connectivity index (χ3v) is 6.25. The van der Waals surface area contributed by atoms with E-state index in [2.05, 4.69) is 5.32 Å². The van der Waals surface area contributed by atoms with Crippen molar-refractivity contribution in [2.45, 2.75) is 18.8 Å². The zero-order valence-electron chi connectivity index (χ0n) is 19.7. The van der Waals surface area contributed by atoms with Crippen LogP contribution in [0.15, 0.2) is 75.9 Å². The molecular weight excluding hydrogens is 462 g/mol. The van der Waals surface area contributed by atoms with Crippen LogP contribution in [0.25, 0.3) is 11.0 Å². The Bertz CT molecular complexity index is 1460. The van der Waals surface area contributed by atoms with Gasteiger partial charge in [0.2, 0.25) is 12.7 Å². The summed E-state index contributed by atoms with van der Waals surface area (Å²) < 4.78 is 21.6. The summed E-state index contributed by atoms with van der Waals surface area (Å²) in [6.07, 6.45) is 0.562. The van der Waals surface area contributed by atoms with Gasteiger partial charge in [-0.2, -0.15) is 0 Å². The van der Waals surface area contributed by atoms with E-state index in [1.165, 1.54) is 0 Å². The highest BCUT2D eigenvalue weighted by molar-refractivity contribution is 5.85. The van der Waals surface area contributed by atoms with Gasteiger partial charge >= 0.3 is 5.63 Å². The number of benzene rings is 3. The average Bonchev–Trinajstić information content (AvgIpc) is 3.36. The second kappa shape index (κ2) is 10.0. The van der Waals surface area contributed by atoms with Gasteiger partial charge in [-0.1, -0.05) is 30.3 Å². The standard InChI is InChI=1S/C28H25NO7/c1-33-19-9-6-17(7-10-19)12-13-29-25(30)15-21(18-8-11-23-24(14-18)35-16-34-23)26-27(31)20-4-2-3-5-22(20)36-28(26)32/h2-11,14,21,31H,12-13,15-16H2,1H3,(H,29,30)/t21-/m1/s1. The Morgan fingerprint density at radius 1 is 1.06 bits per heavy atom. The fraction of sp³-hybridized carbons (Fsp3) is 0.214. The molecular formula is C28H25NO7. The molecule has 1 aromatic heterocycles. The predicted octanol–water partition coefficient (Wildman–Crippen LogP) is 4.12. The third kappa shape index (κ3) is 4.70. The molecule has 0 spiro atoms. The predicted molar refractivity (Wildman–Crippen MR) is 133 cm³/mol. The summed E-state index contributed by atoms with van der Waals surface area (Å²) in [6, 6.07) is 19.6. The molecule has 36 heavy (non-hydrogen) atoms. The maximum absolute atomic E-state index is 13.0. The van der Waals surface area contributed by atoms with Crippen LogP contribution in [-0.2, 0) is 11.2 Å². The average molecular weight is 488 g/mol. The maximum atomic E-state index is 13.0. The van der Waals surface area contributed by atoms with Crippen LogP contribution in [0.3, 0.4) is 0 Å². The van der Waals surface area contributed by atoms with Crippen LogP contribution in [0.1, 0.15) is 29.0 Å². The minimum absolute atomic E-state index is 0.0258. The molecule has 2 heterocycles. The first-order valence-electron chi connectivity index (χ1n) is 11.6. The molecule has 8 nitrogen and oxygen atoms in total. The summed E-state index contributed by atoms with van der Waals surface area (Å²) >= 11 is 0. The maximum Gasteiger partial charge on any atom is 0.343 e. The van der Waals surface area contributed by atoms with Gasteiger partial charge in [-0.25, -0.2) is 4.79 Å². The van der Waals surface area contributed by atoms with Gasteiger partial charge in [0.25, 0.3) is 0 Å². The Morgan fingerprint density at radius 3 is 2.64 bits per heavy atom. The molecule has 5 rings (SSSR count). The molecule has 0 aliphatic carbocycles. The smallest absolute Gasteiger partial charge is 0.343 e. The highest BCUT2D eigenvalue weighted by Crippen LogP contribution is 2.40. The number of para-hydroxylation sites is 1. The van der Waals surface area contributed by atoms with Gasteiger partial charge in [0.05, 0.1) is 18.1 Å². The van der Waals surface area contributed by atoms with Crippen molar-refractivity contribution in [3.63, 3.8) is 0 Å². The van der Waals surface area contributed by atoms with Gasteiger partial charge in [0, 0.05) is 18.9 Å². The van der Waals surface area contributed by atoms with Gasteiger partial charge in [-0.3, -0.25) is 4.79 Å². The molecule has 3 aromatic carbocycles. The third-order valence-electron chi connectivity index (χ3n) is 6.25. The van der Waals surface area contributed by atoms with Gasteiger partial charge < -0.3 is 29.1 Å². The number of carbonyl (C=O) groups excluding carboxylic acids is 1. The molecule has 0 saturated carbocycles. The summed E-state index contributed by atoms with van der Waals surface area (Å²) in [5.74, 6) is 0.636. The first kappa shape index (κ1) is 23.3. The second-order valence-corrected chi connectivity index (χ2v) is 8.47. The quantitative estimate of drug-likeness (QED) is 0.360. The van der Waals surface area contributed by atoms with Gasteiger partial charge in [-0.05, 0) is 53.9 Å². The van der Waals surface area contributed by atoms with E-state index >= 15 is 0 Å². The van der Waals surface area contributed by atoms with Crippen LogP contribution in [0.4, 0.5) is 0 Å². The van der Waals surface area contributed by atoms with Crippen LogP contribution >= 0.6 is 0 Å². The summed E-state index contributed by atoms with van der Waals surface area (Å²) in [4.78, 5) is 26.0. The zero-order valence-corrected chi connectivity index (χ0v) is 19.7. The first-order chi connectivity index (χ1) is 17.5.